The molecule has 1 aromatic rings. The van der Waals surface area contributed by atoms with Crippen LogP contribution in [0.3, 0.4) is 0 Å². The quantitative estimate of drug-likeness (QED) is 0.820. The van der Waals surface area contributed by atoms with Crippen molar-refractivity contribution in [3.05, 3.63) is 40.3 Å². The van der Waals surface area contributed by atoms with E-state index in [0.717, 1.165) is 12.5 Å². The molecule has 0 fully saturated rings. The third-order valence-electron chi connectivity index (χ3n) is 2.57. The fourth-order valence-corrected chi connectivity index (χ4v) is 1.99. The molecule has 1 heterocycles. The second-order valence-corrected chi connectivity index (χ2v) is 4.17. The molecule has 2 rings (SSSR count). The molecule has 9 heteroatoms. The van der Waals surface area contributed by atoms with E-state index in [4.69, 9.17) is 31.9 Å². The van der Waals surface area contributed by atoms with Crippen LogP contribution in [0.4, 0.5) is 18.9 Å². The van der Waals surface area contributed by atoms with Gasteiger partial charge in [-0.25, -0.2) is 4.79 Å². The summed E-state index contributed by atoms with van der Waals surface area (Å²) in [6.45, 7) is 0. The minimum absolute atomic E-state index is 0.407. The lowest BCUT2D eigenvalue weighted by atomic mass is 10.0. The van der Waals surface area contributed by atoms with Gasteiger partial charge in [-0.1, -0.05) is 11.6 Å². The number of hydrogen-bond donors (Lipinski definition) is 2. The summed E-state index contributed by atoms with van der Waals surface area (Å²) in [5.41, 5.74) is 2.39. The Morgan fingerprint density at radius 2 is 1.90 bits per heavy atom. The van der Waals surface area contributed by atoms with Crippen molar-refractivity contribution < 1.29 is 32.5 Å². The van der Waals surface area contributed by atoms with Crippen molar-refractivity contribution in [1.82, 2.24) is 0 Å². The molecular weight excluding hydrogens is 303 g/mol. The van der Waals surface area contributed by atoms with Crippen molar-refractivity contribution in [2.45, 2.75) is 12.5 Å². The second-order valence-electron chi connectivity index (χ2n) is 3.79. The number of carboxylic acids is 1. The number of halogens is 4. The number of benzene rings is 1. The van der Waals surface area contributed by atoms with E-state index in [0.29, 0.717) is 6.07 Å². The summed E-state index contributed by atoms with van der Waals surface area (Å²) in [4.78, 5) is 10.9. The third kappa shape index (κ3) is 2.34. The van der Waals surface area contributed by atoms with Crippen molar-refractivity contribution in [2.75, 3.05) is 5.73 Å². The summed E-state index contributed by atoms with van der Waals surface area (Å²) < 4.78 is 48.7. The molecule has 0 bridgehead atoms. The Bertz CT molecular complexity index is 592. The van der Waals surface area contributed by atoms with E-state index >= 15 is 0 Å². The van der Waals surface area contributed by atoms with Crippen LogP contribution in [0, 0.1) is 0 Å². The number of rotatable bonds is 2. The van der Waals surface area contributed by atoms with Gasteiger partial charge in [0.2, 0.25) is 0 Å². The predicted octanol–water partition coefficient (Wildman–Crippen LogP) is 3.16. The normalized spacial score (nSPS) is 15.0. The molecular formula is C11H7ClF3NO4. The minimum atomic E-state index is -4.84. The minimum Gasteiger partial charge on any atom is -0.478 e. The zero-order chi connectivity index (χ0) is 15.1. The molecule has 20 heavy (non-hydrogen) atoms. The molecule has 108 valence electrons. The van der Waals surface area contributed by atoms with E-state index in [1.165, 1.54) is 0 Å². The maximum Gasteiger partial charge on any atom is 0.417 e. The Hall–Kier alpha value is -2.09. The maximum atomic E-state index is 13.0. The van der Waals surface area contributed by atoms with E-state index in [2.05, 4.69) is 0 Å². The summed E-state index contributed by atoms with van der Waals surface area (Å²) in [6, 6.07) is 0.407. The number of nitrogen functional groups attached to an aromatic ring is 1. The molecule has 1 aliphatic heterocycles. The highest BCUT2D eigenvalue weighted by Crippen LogP contribution is 2.44. The lowest BCUT2D eigenvalue weighted by molar-refractivity contribution is -0.141. The Labute approximate surface area is 115 Å². The number of hydrogen-bond acceptors (Lipinski definition) is 4. The number of ether oxygens (including phenoxy) is 2. The van der Waals surface area contributed by atoms with Crippen molar-refractivity contribution >= 4 is 23.3 Å². The lowest BCUT2D eigenvalue weighted by Gasteiger charge is -2.20. The molecule has 0 atom stereocenters. The number of alkyl halides is 3. The smallest absolute Gasteiger partial charge is 0.417 e. The summed E-state index contributed by atoms with van der Waals surface area (Å²) in [5, 5.41) is 8.29. The van der Waals surface area contributed by atoms with E-state index in [-0.39, 0.29) is 0 Å². The molecule has 5 nitrogen and oxygen atoms in total. The Morgan fingerprint density at radius 3 is 2.35 bits per heavy atom. The van der Waals surface area contributed by atoms with E-state index in [1.54, 1.807) is 0 Å². The van der Waals surface area contributed by atoms with Crippen molar-refractivity contribution in [3.63, 3.8) is 0 Å². The molecule has 0 aliphatic carbocycles. The zero-order valence-electron chi connectivity index (χ0n) is 9.57. The number of anilines is 1. The Morgan fingerprint density at radius 1 is 1.35 bits per heavy atom. The Balaban J connectivity index is 2.71. The molecule has 0 saturated carbocycles. The van der Waals surface area contributed by atoms with Crippen LogP contribution in [-0.2, 0) is 15.7 Å². The van der Waals surface area contributed by atoms with Gasteiger partial charge in [0.05, 0.1) is 27.4 Å². The first kappa shape index (κ1) is 14.3. The second kappa shape index (κ2) is 4.78. The first-order chi connectivity index (χ1) is 9.23. The molecule has 1 aromatic carbocycles. The van der Waals surface area contributed by atoms with Crippen molar-refractivity contribution in [3.8, 4) is 0 Å². The van der Waals surface area contributed by atoms with Crippen molar-refractivity contribution in [2.24, 2.45) is 0 Å². The highest BCUT2D eigenvalue weighted by Gasteiger charge is 2.40. The number of nitrogens with two attached hydrogens (primary N) is 1. The van der Waals surface area contributed by atoms with Crippen molar-refractivity contribution in [1.29, 1.82) is 0 Å². The monoisotopic (exact) mass is 309 g/mol. The summed E-state index contributed by atoms with van der Waals surface area (Å²) in [7, 11) is 0. The molecule has 1 aliphatic rings. The first-order valence-corrected chi connectivity index (χ1v) is 5.49. The van der Waals surface area contributed by atoms with Crippen LogP contribution in [-0.4, -0.2) is 11.1 Å². The predicted molar refractivity (Wildman–Crippen MR) is 61.9 cm³/mol. The first-order valence-electron chi connectivity index (χ1n) is 5.11. The standard InChI is InChI=1S/C11H7ClF3NO4/c12-7-6(10-19-1-2-20-10)5(11(13,14)15)3-4(8(7)16)9(17)18/h1-3,10H,16H2,(H,17,18). The van der Waals surface area contributed by atoms with Crippen LogP contribution < -0.4 is 5.73 Å². The van der Waals surface area contributed by atoms with Gasteiger partial charge in [0.15, 0.2) is 0 Å². The van der Waals surface area contributed by atoms with Gasteiger partial charge >= 0.3 is 12.1 Å². The molecule has 0 saturated heterocycles. The largest absolute Gasteiger partial charge is 0.478 e. The highest BCUT2D eigenvalue weighted by molar-refractivity contribution is 6.34. The summed E-state index contributed by atoms with van der Waals surface area (Å²) in [6.07, 6.45) is -4.18. The molecule has 3 N–H and O–H groups in total. The average Bonchev–Trinajstić information content (AvgIpc) is 2.83. The third-order valence-corrected chi connectivity index (χ3v) is 2.98. The lowest BCUT2D eigenvalue weighted by Crippen LogP contribution is -2.17. The van der Waals surface area contributed by atoms with Gasteiger partial charge < -0.3 is 20.3 Å². The van der Waals surface area contributed by atoms with Gasteiger partial charge in [-0.3, -0.25) is 0 Å². The van der Waals surface area contributed by atoms with Crippen LogP contribution in [0.25, 0.3) is 0 Å². The summed E-state index contributed by atoms with van der Waals surface area (Å²) in [5.74, 6) is -1.62. The van der Waals surface area contributed by atoms with Gasteiger partial charge in [-0.05, 0) is 6.07 Å². The highest BCUT2D eigenvalue weighted by atomic mass is 35.5. The number of carbonyl (C=O) groups is 1. The van der Waals surface area contributed by atoms with Crippen LogP contribution in [0.1, 0.15) is 27.8 Å². The van der Waals surface area contributed by atoms with Gasteiger partial charge in [0.25, 0.3) is 6.29 Å². The van der Waals surface area contributed by atoms with Gasteiger partial charge in [-0.2, -0.15) is 13.2 Å². The molecule has 0 unspecified atom stereocenters. The summed E-state index contributed by atoms with van der Waals surface area (Å²) >= 11 is 5.76. The van der Waals surface area contributed by atoms with Gasteiger partial charge in [-0.15, -0.1) is 0 Å². The van der Waals surface area contributed by atoms with Crippen LogP contribution in [0.15, 0.2) is 18.6 Å². The fraction of sp³-hybridized carbons (Fsp3) is 0.182. The van der Waals surface area contributed by atoms with Gasteiger partial charge in [0.1, 0.15) is 12.5 Å². The van der Waals surface area contributed by atoms with Crippen LogP contribution in [0.5, 0.6) is 0 Å². The topological polar surface area (TPSA) is 81.8 Å². The van der Waals surface area contributed by atoms with Gasteiger partial charge in [0, 0.05) is 0 Å². The number of carboxylic acid groups (broad SMARTS) is 1. The van der Waals surface area contributed by atoms with E-state index in [1.807, 2.05) is 0 Å². The maximum absolute atomic E-state index is 13.0. The average molecular weight is 310 g/mol. The van der Waals surface area contributed by atoms with E-state index < -0.39 is 45.8 Å². The van der Waals surface area contributed by atoms with E-state index in [9.17, 15) is 18.0 Å². The fourth-order valence-electron chi connectivity index (χ4n) is 1.70. The Kier molecular flexibility index (Phi) is 3.43. The molecule has 0 aromatic heterocycles. The molecule has 0 radical (unpaired) electrons. The molecule has 0 amide bonds. The SMILES string of the molecule is Nc1c(C(=O)O)cc(C(F)(F)F)c(C2OC=CO2)c1Cl. The molecule has 0 spiro atoms. The number of aromatic carboxylic acids is 1. The van der Waals surface area contributed by atoms with Crippen LogP contribution in [0.2, 0.25) is 5.02 Å². The zero-order valence-corrected chi connectivity index (χ0v) is 10.3. The van der Waals surface area contributed by atoms with Crippen LogP contribution >= 0.6 is 11.6 Å².